The van der Waals surface area contributed by atoms with E-state index in [1.54, 1.807) is 26.2 Å². The fourth-order valence-corrected chi connectivity index (χ4v) is 5.87. The third kappa shape index (κ3) is 3.77. The van der Waals surface area contributed by atoms with Gasteiger partial charge in [0, 0.05) is 5.71 Å². The Labute approximate surface area is 166 Å². The number of rotatable bonds is 6. The molecular weight excluding hydrogens is 354 g/mol. The first-order valence-corrected chi connectivity index (χ1v) is 10.2. The Morgan fingerprint density at radius 1 is 1.11 bits per heavy atom. The predicted molar refractivity (Wildman–Crippen MR) is 108 cm³/mol. The van der Waals surface area contributed by atoms with E-state index in [4.69, 9.17) is 4.74 Å². The number of ether oxygens (including phenoxy) is 1. The fourth-order valence-electron chi connectivity index (χ4n) is 5.87. The number of carbonyl (C=O) groups is 2. The molecule has 2 amide bonds. The summed E-state index contributed by atoms with van der Waals surface area (Å²) < 4.78 is 5.25. The Kier molecular flexibility index (Phi) is 5.13. The van der Waals surface area contributed by atoms with Crippen molar-refractivity contribution < 1.29 is 14.3 Å². The van der Waals surface area contributed by atoms with Crippen LogP contribution in [0, 0.1) is 23.2 Å². The van der Waals surface area contributed by atoms with E-state index in [1.165, 1.54) is 19.3 Å². The number of amides is 2. The van der Waals surface area contributed by atoms with Crippen LogP contribution in [-0.4, -0.2) is 24.6 Å². The molecule has 4 saturated carbocycles. The van der Waals surface area contributed by atoms with Crippen LogP contribution in [0.1, 0.15) is 51.9 Å². The Morgan fingerprint density at radius 3 is 2.32 bits per heavy atom. The maximum absolute atomic E-state index is 12.9. The molecule has 0 aromatic heterocycles. The van der Waals surface area contributed by atoms with E-state index in [0.717, 1.165) is 19.3 Å². The second-order valence-corrected chi connectivity index (χ2v) is 8.91. The normalized spacial score (nSPS) is 30.8. The molecule has 0 heterocycles. The maximum atomic E-state index is 12.9. The Hall–Kier alpha value is -2.37. The van der Waals surface area contributed by atoms with E-state index < -0.39 is 0 Å². The van der Waals surface area contributed by atoms with Crippen LogP contribution in [0.4, 0.5) is 5.69 Å². The van der Waals surface area contributed by atoms with Crippen LogP contribution in [0.15, 0.2) is 29.4 Å². The molecule has 4 fully saturated rings. The molecule has 1 aromatic rings. The van der Waals surface area contributed by atoms with Crippen molar-refractivity contribution in [3.05, 3.63) is 24.3 Å². The molecule has 150 valence electrons. The fraction of sp³-hybridized carbons (Fsp3) is 0.591. The maximum Gasteiger partial charge on any atom is 0.246 e. The van der Waals surface area contributed by atoms with E-state index in [0.29, 0.717) is 34.9 Å². The van der Waals surface area contributed by atoms with Crippen LogP contribution in [0.2, 0.25) is 0 Å². The van der Waals surface area contributed by atoms with Crippen molar-refractivity contribution in [2.24, 2.45) is 28.3 Å². The largest absolute Gasteiger partial charge is 0.495 e. The molecule has 0 radical (unpaired) electrons. The lowest BCUT2D eigenvalue weighted by Gasteiger charge is -2.55. The average Bonchev–Trinajstić information content (AvgIpc) is 2.65. The van der Waals surface area contributed by atoms with Gasteiger partial charge in [-0.25, -0.2) is 5.43 Å². The van der Waals surface area contributed by atoms with Crippen molar-refractivity contribution in [3.63, 3.8) is 0 Å². The molecule has 4 aliphatic carbocycles. The SMILES string of the molecule is COc1ccccc1NC(=O)C/C(C)=N\NC(=O)C12CC3CC(CC(C3)C1)C2. The number of carbonyl (C=O) groups excluding carboxylic acids is 2. The highest BCUT2D eigenvalue weighted by atomic mass is 16.5. The minimum absolute atomic E-state index is 0.0519. The zero-order valence-electron chi connectivity index (χ0n) is 16.7. The highest BCUT2D eigenvalue weighted by molar-refractivity contribution is 6.06. The van der Waals surface area contributed by atoms with Gasteiger partial charge in [0.2, 0.25) is 11.8 Å². The van der Waals surface area contributed by atoms with Gasteiger partial charge in [0.25, 0.3) is 0 Å². The second-order valence-electron chi connectivity index (χ2n) is 8.91. The van der Waals surface area contributed by atoms with Crippen LogP contribution in [-0.2, 0) is 9.59 Å². The number of hydrogen-bond donors (Lipinski definition) is 2. The Bertz CT molecular complexity index is 767. The monoisotopic (exact) mass is 383 g/mol. The molecule has 28 heavy (non-hydrogen) atoms. The minimum atomic E-state index is -0.224. The number of benzene rings is 1. The van der Waals surface area contributed by atoms with Crippen LogP contribution in [0.25, 0.3) is 0 Å². The molecular formula is C22H29N3O3. The summed E-state index contributed by atoms with van der Waals surface area (Å²) >= 11 is 0. The molecule has 0 atom stereocenters. The van der Waals surface area contributed by atoms with Crippen LogP contribution in [0.5, 0.6) is 5.75 Å². The number of nitrogens with zero attached hydrogens (tertiary/aromatic N) is 1. The first kappa shape index (κ1) is 19.0. The second kappa shape index (κ2) is 7.57. The first-order chi connectivity index (χ1) is 13.5. The van der Waals surface area contributed by atoms with Gasteiger partial charge in [-0.05, 0) is 75.3 Å². The number of methoxy groups -OCH3 is 1. The van der Waals surface area contributed by atoms with Crippen molar-refractivity contribution >= 4 is 23.2 Å². The van der Waals surface area contributed by atoms with Crippen LogP contribution < -0.4 is 15.5 Å². The highest BCUT2D eigenvalue weighted by Gasteiger charge is 2.54. The molecule has 1 aromatic carbocycles. The van der Waals surface area contributed by atoms with Gasteiger partial charge in [0.15, 0.2) is 0 Å². The number of anilines is 1. The van der Waals surface area contributed by atoms with E-state index in [1.807, 2.05) is 12.1 Å². The van der Waals surface area contributed by atoms with Crippen LogP contribution >= 0.6 is 0 Å². The lowest BCUT2D eigenvalue weighted by atomic mass is 9.49. The van der Waals surface area contributed by atoms with E-state index in [2.05, 4.69) is 15.8 Å². The molecule has 0 unspecified atom stereocenters. The van der Waals surface area contributed by atoms with Crippen molar-refractivity contribution in [1.82, 2.24) is 5.43 Å². The van der Waals surface area contributed by atoms with Gasteiger partial charge >= 0.3 is 0 Å². The summed E-state index contributed by atoms with van der Waals surface area (Å²) in [4.78, 5) is 25.2. The quantitative estimate of drug-likeness (QED) is 0.580. The van der Waals surface area contributed by atoms with Crippen molar-refractivity contribution in [3.8, 4) is 5.75 Å². The topological polar surface area (TPSA) is 79.8 Å². The van der Waals surface area contributed by atoms with Gasteiger partial charge in [0.05, 0.1) is 24.6 Å². The van der Waals surface area contributed by atoms with Crippen molar-refractivity contribution in [2.45, 2.75) is 51.9 Å². The number of para-hydroxylation sites is 2. The number of hydrazone groups is 1. The van der Waals surface area contributed by atoms with E-state index >= 15 is 0 Å². The van der Waals surface area contributed by atoms with E-state index in [-0.39, 0.29) is 23.7 Å². The lowest BCUT2D eigenvalue weighted by Crippen LogP contribution is -2.52. The third-order valence-corrected chi connectivity index (χ3v) is 6.67. The smallest absolute Gasteiger partial charge is 0.246 e. The summed E-state index contributed by atoms with van der Waals surface area (Å²) in [5, 5.41) is 7.06. The zero-order valence-corrected chi connectivity index (χ0v) is 16.7. The molecule has 4 aliphatic rings. The molecule has 5 rings (SSSR count). The number of nitrogens with one attached hydrogen (secondary N) is 2. The van der Waals surface area contributed by atoms with Gasteiger partial charge in [-0.2, -0.15) is 5.10 Å². The molecule has 0 saturated heterocycles. The highest BCUT2D eigenvalue weighted by Crippen LogP contribution is 2.60. The van der Waals surface area contributed by atoms with Gasteiger partial charge in [-0.3, -0.25) is 9.59 Å². The summed E-state index contributed by atoms with van der Waals surface area (Å²) in [5.41, 5.74) is 3.77. The molecule has 6 nitrogen and oxygen atoms in total. The molecule has 4 bridgehead atoms. The van der Waals surface area contributed by atoms with E-state index in [9.17, 15) is 9.59 Å². The summed E-state index contributed by atoms with van der Waals surface area (Å²) in [7, 11) is 1.57. The van der Waals surface area contributed by atoms with Gasteiger partial charge in [-0.15, -0.1) is 0 Å². The van der Waals surface area contributed by atoms with Crippen molar-refractivity contribution in [2.75, 3.05) is 12.4 Å². The van der Waals surface area contributed by atoms with Crippen molar-refractivity contribution in [1.29, 1.82) is 0 Å². The summed E-state index contributed by atoms with van der Waals surface area (Å²) in [6.45, 7) is 1.77. The Morgan fingerprint density at radius 2 is 1.71 bits per heavy atom. The van der Waals surface area contributed by atoms with Crippen LogP contribution in [0.3, 0.4) is 0 Å². The number of hydrogen-bond acceptors (Lipinski definition) is 4. The van der Waals surface area contributed by atoms with Gasteiger partial charge in [0.1, 0.15) is 5.75 Å². The third-order valence-electron chi connectivity index (χ3n) is 6.67. The summed E-state index contributed by atoms with van der Waals surface area (Å²) in [6.07, 6.45) is 7.06. The predicted octanol–water partition coefficient (Wildman–Crippen LogP) is 3.73. The molecule has 0 aliphatic heterocycles. The summed E-state index contributed by atoms with van der Waals surface area (Å²) in [5.74, 6) is 2.63. The van der Waals surface area contributed by atoms with Gasteiger partial charge < -0.3 is 10.1 Å². The first-order valence-electron chi connectivity index (χ1n) is 10.2. The summed E-state index contributed by atoms with van der Waals surface area (Å²) in [6, 6.07) is 7.27. The average molecular weight is 383 g/mol. The molecule has 0 spiro atoms. The Balaban J connectivity index is 1.33. The lowest BCUT2D eigenvalue weighted by molar-refractivity contribution is -0.146. The molecule has 6 heteroatoms. The van der Waals surface area contributed by atoms with Gasteiger partial charge in [-0.1, -0.05) is 12.1 Å². The minimum Gasteiger partial charge on any atom is -0.495 e. The standard InChI is InChI=1S/C22H29N3O3/c1-14(7-20(26)23-18-5-3-4-6-19(18)28-2)24-25-21(27)22-11-15-8-16(12-22)10-17(9-15)13-22/h3-6,15-17H,7-13H2,1-2H3,(H,23,26)(H,25,27)/b24-14-. The zero-order chi connectivity index (χ0) is 19.7. The molecule has 2 N–H and O–H groups in total.